The van der Waals surface area contributed by atoms with E-state index in [1.165, 1.54) is 12.1 Å². The summed E-state index contributed by atoms with van der Waals surface area (Å²) in [5.41, 5.74) is 1.79. The number of rotatable bonds is 5. The fourth-order valence-electron chi connectivity index (χ4n) is 2.45. The third-order valence-corrected chi connectivity index (χ3v) is 4.98. The zero-order chi connectivity index (χ0) is 20.3. The fraction of sp³-hybridized carbons (Fsp3) is 0.100. The molecule has 0 saturated carbocycles. The Hall–Kier alpha value is -2.47. The lowest BCUT2D eigenvalue weighted by Gasteiger charge is -2.18. The first kappa shape index (κ1) is 20.3. The number of nitrogens with one attached hydrogen (secondary N) is 1. The van der Waals surface area contributed by atoms with E-state index in [0.29, 0.717) is 22.7 Å². The molecule has 0 heterocycles. The lowest BCUT2D eigenvalue weighted by molar-refractivity contribution is -0.109. The maximum absolute atomic E-state index is 12.4. The molecule has 0 unspecified atom stereocenters. The van der Waals surface area contributed by atoms with Gasteiger partial charge < -0.3 is 15.2 Å². The van der Waals surface area contributed by atoms with Gasteiger partial charge in [-0.25, -0.2) is 4.99 Å². The highest BCUT2D eigenvalue weighted by molar-refractivity contribution is 6.62. The van der Waals surface area contributed by atoms with E-state index in [2.05, 4.69) is 10.3 Å². The van der Waals surface area contributed by atoms with Gasteiger partial charge in [0.2, 0.25) is 5.78 Å². The summed E-state index contributed by atoms with van der Waals surface area (Å²) in [4.78, 5) is 16.6. The topological polar surface area (TPSA) is 70.9 Å². The van der Waals surface area contributed by atoms with Crippen LogP contribution in [-0.4, -0.2) is 23.3 Å². The molecule has 0 atom stereocenters. The molecule has 2 aromatic rings. The molecule has 0 amide bonds. The molecule has 0 fully saturated rings. The van der Waals surface area contributed by atoms with Gasteiger partial charge in [-0.3, -0.25) is 4.79 Å². The summed E-state index contributed by atoms with van der Waals surface area (Å²) in [5, 5.41) is 13.0. The van der Waals surface area contributed by atoms with E-state index in [0.717, 1.165) is 0 Å². The number of nitrogens with zero attached hydrogens (tertiary/aromatic N) is 1. The monoisotopic (exact) mass is 436 g/mol. The van der Waals surface area contributed by atoms with Crippen molar-refractivity contribution >= 4 is 52.0 Å². The van der Waals surface area contributed by atoms with Gasteiger partial charge in [0.1, 0.15) is 11.5 Å². The zero-order valence-corrected chi connectivity index (χ0v) is 16.9. The molecule has 1 aliphatic carbocycles. The molecule has 2 N–H and O–H groups in total. The van der Waals surface area contributed by atoms with Crippen molar-refractivity contribution in [3.63, 3.8) is 0 Å². The summed E-state index contributed by atoms with van der Waals surface area (Å²) < 4.78 is 5.51. The Morgan fingerprint density at radius 3 is 2.39 bits per heavy atom. The Morgan fingerprint density at radius 1 is 1.11 bits per heavy atom. The molecule has 0 radical (unpaired) electrons. The maximum Gasteiger partial charge on any atom is 0.222 e. The Balaban J connectivity index is 1.83. The van der Waals surface area contributed by atoms with Crippen LogP contribution in [0.4, 0.5) is 5.69 Å². The molecular formula is C20H15Cl3N2O3. The molecule has 0 bridgehead atoms. The SMILES string of the molecule is CC1=C(Cl)C(=O)/C(=N/COc2ccccc2)C=C1Nc1cc(Cl)c(O)c(Cl)c1. The number of hydrogen-bond donors (Lipinski definition) is 2. The number of ketones is 1. The first-order valence-electron chi connectivity index (χ1n) is 8.17. The van der Waals surface area contributed by atoms with Crippen molar-refractivity contribution in [2.24, 2.45) is 4.99 Å². The predicted molar refractivity (Wildman–Crippen MR) is 113 cm³/mol. The average molecular weight is 438 g/mol. The zero-order valence-electron chi connectivity index (χ0n) is 14.7. The van der Waals surface area contributed by atoms with Crippen LogP contribution in [0.2, 0.25) is 10.0 Å². The summed E-state index contributed by atoms with van der Waals surface area (Å²) in [6, 6.07) is 12.2. The highest BCUT2D eigenvalue weighted by Crippen LogP contribution is 2.36. The van der Waals surface area contributed by atoms with Crippen molar-refractivity contribution < 1.29 is 14.6 Å². The van der Waals surface area contributed by atoms with Crippen LogP contribution in [0.5, 0.6) is 11.5 Å². The molecule has 5 nitrogen and oxygen atoms in total. The molecule has 1 aliphatic rings. The maximum atomic E-state index is 12.4. The number of carbonyl (C=O) groups is 1. The Morgan fingerprint density at radius 2 is 1.75 bits per heavy atom. The van der Waals surface area contributed by atoms with Crippen molar-refractivity contribution in [1.29, 1.82) is 0 Å². The third kappa shape index (κ3) is 4.50. The van der Waals surface area contributed by atoms with E-state index >= 15 is 0 Å². The van der Waals surface area contributed by atoms with Gasteiger partial charge in [-0.05, 0) is 42.8 Å². The standard InChI is InChI=1S/C20H15Cl3N2O3/c1-11-16(25-12-7-14(21)19(26)15(22)8-12)9-17(20(27)18(11)23)24-10-28-13-5-3-2-4-6-13/h2-9,25-26H,10H2,1H3/b24-17+. The number of Topliss-reactive ketones (excluding diaryl/α,β-unsaturated/α-hetero) is 1. The largest absolute Gasteiger partial charge is 0.505 e. The summed E-state index contributed by atoms with van der Waals surface area (Å²) in [7, 11) is 0. The van der Waals surface area contributed by atoms with Crippen LogP contribution in [0.15, 0.2) is 69.8 Å². The van der Waals surface area contributed by atoms with E-state index < -0.39 is 0 Å². The van der Waals surface area contributed by atoms with Crippen LogP contribution in [0.3, 0.4) is 0 Å². The molecule has 2 aromatic carbocycles. The highest BCUT2D eigenvalue weighted by Gasteiger charge is 2.24. The number of hydrogen-bond acceptors (Lipinski definition) is 5. The number of halogens is 3. The third-order valence-electron chi connectivity index (χ3n) is 3.95. The predicted octanol–water partition coefficient (Wildman–Crippen LogP) is 5.57. The Bertz CT molecular complexity index is 992. The quantitative estimate of drug-likeness (QED) is 0.474. The molecule has 0 saturated heterocycles. The normalized spacial score (nSPS) is 15.6. The van der Waals surface area contributed by atoms with Gasteiger partial charge in [-0.15, -0.1) is 0 Å². The van der Waals surface area contributed by atoms with E-state index in [1.807, 2.05) is 18.2 Å². The van der Waals surface area contributed by atoms with Crippen LogP contribution in [-0.2, 0) is 4.79 Å². The number of ether oxygens (including phenoxy) is 1. The van der Waals surface area contributed by atoms with Crippen LogP contribution >= 0.6 is 34.8 Å². The van der Waals surface area contributed by atoms with E-state index in [4.69, 9.17) is 39.5 Å². The Kier molecular flexibility index (Phi) is 6.29. The minimum absolute atomic E-state index is 0.0328. The van der Waals surface area contributed by atoms with Gasteiger partial charge >= 0.3 is 0 Å². The first-order valence-corrected chi connectivity index (χ1v) is 9.30. The molecule has 0 aliphatic heterocycles. The van der Waals surface area contributed by atoms with Gasteiger partial charge in [0.05, 0.1) is 15.1 Å². The van der Waals surface area contributed by atoms with Crippen LogP contribution in [0.1, 0.15) is 6.92 Å². The molecular weight excluding hydrogens is 423 g/mol. The van der Waals surface area contributed by atoms with Gasteiger partial charge in [-0.2, -0.15) is 0 Å². The van der Waals surface area contributed by atoms with Crippen LogP contribution in [0, 0.1) is 0 Å². The molecule has 28 heavy (non-hydrogen) atoms. The molecule has 144 valence electrons. The number of phenols is 1. The van der Waals surface area contributed by atoms with Crippen molar-refractivity contribution in [3.8, 4) is 11.5 Å². The van der Waals surface area contributed by atoms with Gasteiger partial charge in [-0.1, -0.05) is 53.0 Å². The average Bonchev–Trinajstić information content (AvgIpc) is 2.68. The molecule has 0 spiro atoms. The number of allylic oxidation sites excluding steroid dienone is 3. The van der Waals surface area contributed by atoms with E-state index in [-0.39, 0.29) is 39.1 Å². The number of anilines is 1. The fourth-order valence-corrected chi connectivity index (χ4v) is 3.13. The summed E-state index contributed by atoms with van der Waals surface area (Å²) in [6.07, 6.45) is 1.58. The van der Waals surface area contributed by atoms with Gasteiger partial charge in [0.25, 0.3) is 0 Å². The van der Waals surface area contributed by atoms with Crippen molar-refractivity contribution in [2.45, 2.75) is 6.92 Å². The second-order valence-electron chi connectivity index (χ2n) is 5.87. The number of aromatic hydroxyl groups is 1. The molecule has 0 aromatic heterocycles. The van der Waals surface area contributed by atoms with Gasteiger partial charge in [0.15, 0.2) is 12.5 Å². The van der Waals surface area contributed by atoms with E-state index in [1.54, 1.807) is 25.1 Å². The second-order valence-corrected chi connectivity index (χ2v) is 7.06. The number of aliphatic imine (C=N–C) groups is 1. The molecule has 8 heteroatoms. The molecule has 3 rings (SSSR count). The van der Waals surface area contributed by atoms with Gasteiger partial charge in [0, 0.05) is 11.4 Å². The highest BCUT2D eigenvalue weighted by atomic mass is 35.5. The number of carbonyl (C=O) groups excluding carboxylic acids is 1. The number of benzene rings is 2. The van der Waals surface area contributed by atoms with Crippen molar-refractivity contribution in [1.82, 2.24) is 0 Å². The number of para-hydroxylation sites is 1. The Labute approximate surface area is 176 Å². The lowest BCUT2D eigenvalue weighted by atomic mass is 10.0. The second kappa shape index (κ2) is 8.69. The van der Waals surface area contributed by atoms with Crippen LogP contribution in [0.25, 0.3) is 0 Å². The van der Waals surface area contributed by atoms with Crippen LogP contribution < -0.4 is 10.1 Å². The number of phenolic OH excluding ortho intramolecular Hbond substituents is 1. The first-order chi connectivity index (χ1) is 13.4. The summed E-state index contributed by atoms with van der Waals surface area (Å²) >= 11 is 18.1. The van der Waals surface area contributed by atoms with Crippen molar-refractivity contribution in [2.75, 3.05) is 12.0 Å². The minimum Gasteiger partial charge on any atom is -0.505 e. The summed E-state index contributed by atoms with van der Waals surface area (Å²) in [6.45, 7) is 1.68. The smallest absolute Gasteiger partial charge is 0.222 e. The minimum atomic E-state index is -0.386. The van der Waals surface area contributed by atoms with Crippen molar-refractivity contribution in [3.05, 3.63) is 74.9 Å². The lowest BCUT2D eigenvalue weighted by Crippen LogP contribution is -2.22. The summed E-state index contributed by atoms with van der Waals surface area (Å²) in [5.74, 6) is 0.0547. The van der Waals surface area contributed by atoms with E-state index in [9.17, 15) is 9.90 Å².